The highest BCUT2D eigenvalue weighted by Crippen LogP contribution is 2.21. The van der Waals surface area contributed by atoms with E-state index in [1.54, 1.807) is 13.0 Å². The van der Waals surface area contributed by atoms with E-state index in [2.05, 4.69) is 10.6 Å². The van der Waals surface area contributed by atoms with Crippen molar-refractivity contribution in [2.75, 3.05) is 18.5 Å². The van der Waals surface area contributed by atoms with Gasteiger partial charge in [0.15, 0.2) is 11.6 Å². The van der Waals surface area contributed by atoms with Crippen LogP contribution in [0.5, 0.6) is 5.75 Å². The first kappa shape index (κ1) is 15.7. The number of amides is 1. The smallest absolute Gasteiger partial charge is 0.328 e. The Morgan fingerprint density at radius 3 is 2.65 bits per heavy atom. The topological polar surface area (TPSA) is 87.7 Å². The van der Waals surface area contributed by atoms with Crippen molar-refractivity contribution >= 4 is 17.6 Å². The molecule has 0 bridgehead atoms. The van der Waals surface area contributed by atoms with Crippen LogP contribution in [0.15, 0.2) is 18.2 Å². The maximum atomic E-state index is 13.6. The summed E-state index contributed by atoms with van der Waals surface area (Å²) in [6.45, 7) is 3.28. The molecule has 7 heteroatoms. The molecule has 1 amide bonds. The lowest BCUT2D eigenvalue weighted by Crippen LogP contribution is -2.44. The SMILES string of the molecule is CCOc1ccc(NCC(NC(C)=O)C(=O)O)cc1F. The minimum atomic E-state index is -1.17. The Morgan fingerprint density at radius 1 is 1.45 bits per heavy atom. The van der Waals surface area contributed by atoms with Crippen LogP contribution < -0.4 is 15.4 Å². The van der Waals surface area contributed by atoms with Crippen LogP contribution in [0.1, 0.15) is 13.8 Å². The highest BCUT2D eigenvalue weighted by molar-refractivity contribution is 5.82. The Balaban J connectivity index is 2.66. The molecular weight excluding hydrogens is 267 g/mol. The van der Waals surface area contributed by atoms with Crippen molar-refractivity contribution < 1.29 is 23.8 Å². The lowest BCUT2D eigenvalue weighted by molar-refractivity contribution is -0.141. The maximum absolute atomic E-state index is 13.6. The largest absolute Gasteiger partial charge is 0.491 e. The molecule has 110 valence electrons. The zero-order valence-corrected chi connectivity index (χ0v) is 11.3. The van der Waals surface area contributed by atoms with Crippen molar-refractivity contribution in [3.8, 4) is 5.75 Å². The molecular formula is C13H17FN2O4. The highest BCUT2D eigenvalue weighted by Gasteiger charge is 2.18. The summed E-state index contributed by atoms with van der Waals surface area (Å²) in [5, 5.41) is 13.9. The Hall–Kier alpha value is -2.31. The van der Waals surface area contributed by atoms with Gasteiger partial charge < -0.3 is 20.5 Å². The second-order valence-corrected chi connectivity index (χ2v) is 4.05. The zero-order chi connectivity index (χ0) is 15.1. The average molecular weight is 284 g/mol. The zero-order valence-electron chi connectivity index (χ0n) is 11.3. The molecule has 1 atom stereocenters. The molecule has 20 heavy (non-hydrogen) atoms. The normalized spacial score (nSPS) is 11.6. The molecule has 1 aromatic rings. The molecule has 1 unspecified atom stereocenters. The quantitative estimate of drug-likeness (QED) is 0.701. The van der Waals surface area contributed by atoms with E-state index < -0.39 is 23.7 Å². The van der Waals surface area contributed by atoms with Gasteiger partial charge in [-0.25, -0.2) is 9.18 Å². The number of hydrogen-bond donors (Lipinski definition) is 3. The summed E-state index contributed by atoms with van der Waals surface area (Å²) in [5.41, 5.74) is 0.405. The van der Waals surface area contributed by atoms with Gasteiger partial charge in [0.25, 0.3) is 0 Å². The third-order valence-corrected chi connectivity index (χ3v) is 2.42. The lowest BCUT2D eigenvalue weighted by atomic mass is 10.2. The van der Waals surface area contributed by atoms with Gasteiger partial charge >= 0.3 is 5.97 Å². The molecule has 6 nitrogen and oxygen atoms in total. The molecule has 0 saturated carbocycles. The fourth-order valence-electron chi connectivity index (χ4n) is 1.55. The van der Waals surface area contributed by atoms with Gasteiger partial charge in [0.05, 0.1) is 6.61 Å². The van der Waals surface area contributed by atoms with Crippen molar-refractivity contribution in [2.45, 2.75) is 19.9 Å². The van der Waals surface area contributed by atoms with E-state index in [-0.39, 0.29) is 12.3 Å². The summed E-state index contributed by atoms with van der Waals surface area (Å²) in [6, 6.07) is 3.15. The molecule has 0 fully saturated rings. The number of carbonyl (C=O) groups excluding carboxylic acids is 1. The summed E-state index contributed by atoms with van der Waals surface area (Å²) in [5.74, 6) is -2.02. The van der Waals surface area contributed by atoms with Crippen LogP contribution in [0.4, 0.5) is 10.1 Å². The van der Waals surface area contributed by atoms with Crippen LogP contribution in [0, 0.1) is 5.82 Å². The van der Waals surface area contributed by atoms with Gasteiger partial charge in [0.2, 0.25) is 5.91 Å². The molecule has 0 radical (unpaired) electrons. The summed E-state index contributed by atoms with van der Waals surface area (Å²) < 4.78 is 18.6. The van der Waals surface area contributed by atoms with Crippen molar-refractivity contribution in [2.24, 2.45) is 0 Å². The average Bonchev–Trinajstić information content (AvgIpc) is 2.37. The summed E-state index contributed by atoms with van der Waals surface area (Å²) in [6.07, 6.45) is 0. The first-order valence-electron chi connectivity index (χ1n) is 6.10. The second kappa shape index (κ2) is 7.32. The van der Waals surface area contributed by atoms with E-state index in [0.29, 0.717) is 12.3 Å². The molecule has 0 saturated heterocycles. The Labute approximate surface area is 115 Å². The standard InChI is InChI=1S/C13H17FN2O4/c1-3-20-12-5-4-9(6-10(12)14)15-7-11(13(18)19)16-8(2)17/h4-6,11,15H,3,7H2,1-2H3,(H,16,17)(H,18,19). The Morgan fingerprint density at radius 2 is 2.15 bits per heavy atom. The van der Waals surface area contributed by atoms with Gasteiger partial charge in [-0.1, -0.05) is 0 Å². The molecule has 3 N–H and O–H groups in total. The van der Waals surface area contributed by atoms with Gasteiger partial charge in [-0.05, 0) is 19.1 Å². The number of carboxylic acid groups (broad SMARTS) is 1. The minimum Gasteiger partial charge on any atom is -0.491 e. The van der Waals surface area contributed by atoms with Crippen LogP contribution in [0.3, 0.4) is 0 Å². The number of carboxylic acids is 1. The monoisotopic (exact) mass is 284 g/mol. The van der Waals surface area contributed by atoms with Crippen LogP contribution in [-0.2, 0) is 9.59 Å². The summed E-state index contributed by atoms with van der Waals surface area (Å²) in [4.78, 5) is 21.8. The number of nitrogens with one attached hydrogen (secondary N) is 2. The molecule has 0 spiro atoms. The minimum absolute atomic E-state index is 0.0532. The van der Waals surface area contributed by atoms with Gasteiger partial charge in [-0.2, -0.15) is 0 Å². The Kier molecular flexibility index (Phi) is 5.76. The number of benzene rings is 1. The number of carbonyl (C=O) groups is 2. The van der Waals surface area contributed by atoms with E-state index in [1.165, 1.54) is 19.1 Å². The van der Waals surface area contributed by atoms with Crippen molar-refractivity contribution in [3.05, 3.63) is 24.0 Å². The highest BCUT2D eigenvalue weighted by atomic mass is 19.1. The number of rotatable bonds is 7. The maximum Gasteiger partial charge on any atom is 0.328 e. The predicted octanol–water partition coefficient (Wildman–Crippen LogP) is 1.23. The van der Waals surface area contributed by atoms with E-state index in [1.807, 2.05) is 0 Å². The van der Waals surface area contributed by atoms with E-state index in [4.69, 9.17) is 9.84 Å². The Bertz CT molecular complexity index is 493. The molecule has 1 aromatic carbocycles. The van der Waals surface area contributed by atoms with Gasteiger partial charge in [-0.3, -0.25) is 4.79 Å². The second-order valence-electron chi connectivity index (χ2n) is 4.05. The molecule has 0 aliphatic heterocycles. The van der Waals surface area contributed by atoms with E-state index >= 15 is 0 Å². The molecule has 0 aliphatic carbocycles. The molecule has 0 aliphatic rings. The third-order valence-electron chi connectivity index (χ3n) is 2.42. The van der Waals surface area contributed by atoms with Gasteiger partial charge in [0, 0.05) is 25.2 Å². The van der Waals surface area contributed by atoms with Crippen LogP contribution in [0.25, 0.3) is 0 Å². The predicted molar refractivity (Wildman–Crippen MR) is 71.3 cm³/mol. The summed E-state index contributed by atoms with van der Waals surface area (Å²) in [7, 11) is 0. The number of aliphatic carboxylic acids is 1. The first-order chi connectivity index (χ1) is 9.43. The van der Waals surface area contributed by atoms with Crippen LogP contribution >= 0.6 is 0 Å². The fourth-order valence-corrected chi connectivity index (χ4v) is 1.55. The number of ether oxygens (including phenoxy) is 1. The van der Waals surface area contributed by atoms with E-state index in [9.17, 15) is 14.0 Å². The van der Waals surface area contributed by atoms with Crippen molar-refractivity contribution in [3.63, 3.8) is 0 Å². The van der Waals surface area contributed by atoms with Gasteiger partial charge in [-0.15, -0.1) is 0 Å². The molecule has 0 aromatic heterocycles. The van der Waals surface area contributed by atoms with Gasteiger partial charge in [0.1, 0.15) is 6.04 Å². The summed E-state index contributed by atoms with van der Waals surface area (Å²) >= 11 is 0. The van der Waals surface area contributed by atoms with Crippen molar-refractivity contribution in [1.82, 2.24) is 5.32 Å². The fraction of sp³-hybridized carbons (Fsp3) is 0.385. The number of hydrogen-bond acceptors (Lipinski definition) is 4. The number of anilines is 1. The molecule has 0 heterocycles. The lowest BCUT2D eigenvalue weighted by Gasteiger charge is -2.15. The van der Waals surface area contributed by atoms with E-state index in [0.717, 1.165) is 0 Å². The van der Waals surface area contributed by atoms with Crippen LogP contribution in [0.2, 0.25) is 0 Å². The van der Waals surface area contributed by atoms with Crippen molar-refractivity contribution in [1.29, 1.82) is 0 Å². The third kappa shape index (κ3) is 4.75. The molecule has 1 rings (SSSR count). The first-order valence-corrected chi connectivity index (χ1v) is 6.10. The number of halogens is 1. The van der Waals surface area contributed by atoms with Crippen LogP contribution in [-0.4, -0.2) is 36.2 Å².